The second-order valence-corrected chi connectivity index (χ2v) is 24.9. The van der Waals surface area contributed by atoms with E-state index in [1.165, 1.54) is 19.4 Å². The lowest BCUT2D eigenvalue weighted by Crippen LogP contribution is -2.66. The highest BCUT2D eigenvalue weighted by Crippen LogP contribution is 2.67. The van der Waals surface area contributed by atoms with E-state index < -0.39 is 175 Å². The molecule has 0 amide bonds. The molecule has 7 fully saturated rings. The third-order valence-electron chi connectivity index (χ3n) is 18.2. The Morgan fingerprint density at radius 1 is 0.733 bits per heavy atom. The van der Waals surface area contributed by atoms with Crippen LogP contribution in [0.2, 0.25) is 0 Å². The van der Waals surface area contributed by atoms with Crippen molar-refractivity contribution in [3.8, 4) is 0 Å². The summed E-state index contributed by atoms with van der Waals surface area (Å²) in [4.78, 5) is 13.1. The lowest BCUT2D eigenvalue weighted by molar-refractivity contribution is -0.386. The maximum Gasteiger partial charge on any atom is 0.397 e. The normalized spacial score (nSPS) is 50.3. The number of Topliss-reactive ketones (excluding diaryl/α,β-unsaturated/α-hetero) is 1. The minimum atomic E-state index is -4.84. The molecule has 8 aliphatic rings. The quantitative estimate of drug-likeness (QED) is 0.0616. The van der Waals surface area contributed by atoms with Gasteiger partial charge in [0.15, 0.2) is 25.2 Å². The van der Waals surface area contributed by atoms with Crippen LogP contribution in [0.15, 0.2) is 11.6 Å². The number of rotatable bonds is 16. The molecule has 22 unspecified atom stereocenters. The second kappa shape index (κ2) is 22.8. The third-order valence-corrected chi connectivity index (χ3v) is 18.7. The molecule has 0 radical (unpaired) electrons. The van der Waals surface area contributed by atoms with E-state index >= 15 is 0 Å². The van der Waals surface area contributed by atoms with Crippen LogP contribution in [0, 0.1) is 40.4 Å². The first kappa shape index (κ1) is 59.6. The molecule has 0 aromatic carbocycles. The van der Waals surface area contributed by atoms with Crippen LogP contribution >= 0.6 is 0 Å². The van der Waals surface area contributed by atoms with E-state index in [0.717, 1.165) is 6.42 Å². The number of carbonyl (C=O) groups is 1. The monoisotopic (exact) mass is 1100 g/mol. The lowest BCUT2D eigenvalue weighted by Gasteiger charge is -2.60. The maximum absolute atomic E-state index is 13.1. The van der Waals surface area contributed by atoms with Crippen LogP contribution < -0.4 is 0 Å². The predicted octanol–water partition coefficient (Wildman–Crippen LogP) is -1.53. The molecule has 25 heteroatoms. The Hall–Kier alpha value is -1.48. The minimum absolute atomic E-state index is 0.000627. The molecular formula is C50H82O24S. The number of aliphatic hydroxyl groups is 11. The summed E-state index contributed by atoms with van der Waals surface area (Å²) in [6.07, 6.45) is -27.0. The molecule has 28 atom stereocenters. The summed E-state index contributed by atoms with van der Waals surface area (Å²) in [6.45, 7) is 11.5. The van der Waals surface area contributed by atoms with E-state index in [1.807, 2.05) is 13.8 Å². The van der Waals surface area contributed by atoms with Crippen molar-refractivity contribution in [2.24, 2.45) is 40.4 Å². The summed E-state index contributed by atoms with van der Waals surface area (Å²) < 4.78 is 87.4. The Labute approximate surface area is 437 Å². The van der Waals surface area contributed by atoms with Crippen LogP contribution in [-0.2, 0) is 57.3 Å². The first-order chi connectivity index (χ1) is 35.0. The number of allylic oxidation sites excluding steroid dienone is 2. The molecule has 0 aromatic heterocycles. The second-order valence-electron chi connectivity index (χ2n) is 23.9. The van der Waals surface area contributed by atoms with Gasteiger partial charge in [0.2, 0.25) is 0 Å². The van der Waals surface area contributed by atoms with Gasteiger partial charge in [-0.2, -0.15) is 8.42 Å². The largest absolute Gasteiger partial charge is 0.397 e. The molecule has 432 valence electrons. The van der Waals surface area contributed by atoms with Crippen molar-refractivity contribution in [2.75, 3.05) is 13.2 Å². The smallest absolute Gasteiger partial charge is 0.394 e. The van der Waals surface area contributed by atoms with E-state index in [0.29, 0.717) is 38.5 Å². The van der Waals surface area contributed by atoms with E-state index in [1.54, 1.807) is 6.92 Å². The van der Waals surface area contributed by atoms with Crippen molar-refractivity contribution < 1.29 is 116 Å². The Kier molecular flexibility index (Phi) is 18.1. The van der Waals surface area contributed by atoms with Gasteiger partial charge in [-0.15, -0.1) is 0 Å². The van der Waals surface area contributed by atoms with E-state index in [2.05, 4.69) is 19.9 Å². The molecule has 8 rings (SSSR count). The van der Waals surface area contributed by atoms with Gasteiger partial charge in [0, 0.05) is 12.8 Å². The van der Waals surface area contributed by atoms with Gasteiger partial charge in [0.1, 0.15) is 85.1 Å². The molecule has 24 nitrogen and oxygen atoms in total. The van der Waals surface area contributed by atoms with Gasteiger partial charge in [-0.25, -0.2) is 4.18 Å². The first-order valence-electron chi connectivity index (χ1n) is 26.5. The van der Waals surface area contributed by atoms with Crippen LogP contribution in [0.5, 0.6) is 0 Å². The molecule has 4 aliphatic carbocycles. The molecule has 12 N–H and O–H groups in total. The number of hydrogen-bond donors (Lipinski definition) is 12. The fourth-order valence-corrected chi connectivity index (χ4v) is 14.9. The van der Waals surface area contributed by atoms with E-state index in [4.69, 9.17) is 42.1 Å². The average molecular weight is 1100 g/mol. The summed E-state index contributed by atoms with van der Waals surface area (Å²) in [5.41, 5.74) is -1.13. The lowest BCUT2D eigenvalue weighted by atomic mass is 9.47. The Morgan fingerprint density at radius 3 is 1.96 bits per heavy atom. The highest BCUT2D eigenvalue weighted by atomic mass is 32.3. The van der Waals surface area contributed by atoms with Gasteiger partial charge in [-0.1, -0.05) is 39.3 Å². The van der Waals surface area contributed by atoms with Gasteiger partial charge in [0.25, 0.3) is 0 Å². The van der Waals surface area contributed by atoms with Gasteiger partial charge in [-0.3, -0.25) is 9.35 Å². The SMILES string of the molecule is CC(C)CC(=O)C[C@](C)(O)[C@H]1CCC2C3C[C@H](OC4OC(C)C(O)C(OC5OCC(OC6OC(CO)C(O)C(O)C6O)C(OC6OC(C)C(O)C(O)C6O)C5O)C4O)C4C[C@@H](OS(=O)(=O)O)CC[C@]4(C)C3=CC[C@@]21C. The third kappa shape index (κ3) is 11.8. The highest BCUT2D eigenvalue weighted by Gasteiger charge is 2.63. The Bertz CT molecular complexity index is 2110. The van der Waals surface area contributed by atoms with Crippen LogP contribution in [0.25, 0.3) is 0 Å². The van der Waals surface area contributed by atoms with Crippen LogP contribution in [0.3, 0.4) is 0 Å². The zero-order valence-corrected chi connectivity index (χ0v) is 44.4. The maximum atomic E-state index is 13.1. The summed E-state index contributed by atoms with van der Waals surface area (Å²) in [5, 5.41) is 121. The number of hydrogen-bond acceptors (Lipinski definition) is 23. The van der Waals surface area contributed by atoms with Gasteiger partial charge in [-0.05, 0) is 106 Å². The number of carbonyl (C=O) groups excluding carboxylic acids is 1. The molecule has 4 aliphatic heterocycles. The molecule has 0 bridgehead atoms. The van der Waals surface area contributed by atoms with Crippen molar-refractivity contribution in [3.63, 3.8) is 0 Å². The highest BCUT2D eigenvalue weighted by molar-refractivity contribution is 7.80. The van der Waals surface area contributed by atoms with Crippen molar-refractivity contribution in [1.82, 2.24) is 0 Å². The number of aliphatic hydroxyl groups excluding tert-OH is 10. The molecule has 0 spiro atoms. The molecular weight excluding hydrogens is 1020 g/mol. The molecule has 4 heterocycles. The number of fused-ring (bicyclic) bond motifs is 5. The first-order valence-corrected chi connectivity index (χ1v) is 27.9. The summed E-state index contributed by atoms with van der Waals surface area (Å²) in [6, 6.07) is 0. The van der Waals surface area contributed by atoms with Crippen LogP contribution in [0.4, 0.5) is 0 Å². The topological polar surface area (TPSA) is 377 Å². The molecule has 0 aromatic rings. The van der Waals surface area contributed by atoms with Crippen molar-refractivity contribution in [1.29, 1.82) is 0 Å². The van der Waals surface area contributed by atoms with E-state index in [9.17, 15) is 73.9 Å². The van der Waals surface area contributed by atoms with Crippen LogP contribution in [-0.4, -0.2) is 223 Å². The fraction of sp³-hybridized carbons (Fsp3) is 0.940. The fourth-order valence-electron chi connectivity index (χ4n) is 14.4. The standard InChI is InChI=1S/C50H82O24S/c1-20(2)14-23(52)17-50(7,62)32-9-8-26-25-16-29(28-15-24(74-75(63,64)65)10-12-48(28,5)27(25)11-13-49(26,32)6)69-47-41(61)43(34(54)22(4)68-47)73-44-40(60)42(72-45-38(58)36(56)33(53)21(3)67-45)31(19-66-44)71-46-39(59)37(57)35(55)30(18-51)70-46/h11,20-22,24-26,28-47,51,53-62H,8-10,12-19H2,1-7H3,(H,63,64,65)/t21?,22?,24-,25?,26?,28?,29-,30?,31?,32-,33?,34?,35?,36?,37?,38?,39?,40?,41?,42?,43?,44?,45?,46?,47?,48+,49-,50-/m0/s1. The number of ether oxygens (including phenoxy) is 8. The summed E-state index contributed by atoms with van der Waals surface area (Å²) in [7, 11) is -4.84. The summed E-state index contributed by atoms with van der Waals surface area (Å²) >= 11 is 0. The summed E-state index contributed by atoms with van der Waals surface area (Å²) in [5.74, 6) is -0.611. The van der Waals surface area contributed by atoms with Crippen LogP contribution in [0.1, 0.15) is 106 Å². The van der Waals surface area contributed by atoms with Gasteiger partial charge in [0.05, 0.1) is 43.2 Å². The van der Waals surface area contributed by atoms with Crippen molar-refractivity contribution >= 4 is 16.2 Å². The Morgan fingerprint density at radius 2 is 1.32 bits per heavy atom. The number of ketones is 1. The van der Waals surface area contributed by atoms with Crippen molar-refractivity contribution in [3.05, 3.63) is 11.6 Å². The van der Waals surface area contributed by atoms with Crippen molar-refractivity contribution in [2.45, 2.75) is 241 Å². The molecule has 4 saturated heterocycles. The minimum Gasteiger partial charge on any atom is -0.394 e. The average Bonchev–Trinajstić information content (AvgIpc) is 3.70. The van der Waals surface area contributed by atoms with Gasteiger partial charge < -0.3 is 94.1 Å². The van der Waals surface area contributed by atoms with E-state index in [-0.39, 0.29) is 42.3 Å². The van der Waals surface area contributed by atoms with Gasteiger partial charge >= 0.3 is 10.4 Å². The Balaban J connectivity index is 1.04. The predicted molar refractivity (Wildman–Crippen MR) is 254 cm³/mol. The zero-order chi connectivity index (χ0) is 55.0. The molecule has 3 saturated carbocycles. The zero-order valence-electron chi connectivity index (χ0n) is 43.5. The molecule has 75 heavy (non-hydrogen) atoms.